The molecule has 1 aliphatic carbocycles. The van der Waals surface area contributed by atoms with Gasteiger partial charge in [0.15, 0.2) is 0 Å². The first-order valence-corrected chi connectivity index (χ1v) is 5.57. The highest BCUT2D eigenvalue weighted by atomic mass is 16.5. The lowest BCUT2D eigenvalue weighted by Gasteiger charge is -2.13. The molecule has 2 aliphatic rings. The molecule has 0 aromatic heterocycles. The summed E-state index contributed by atoms with van der Waals surface area (Å²) in [6, 6.07) is 7.58. The largest absolute Gasteiger partial charge is 0.423 e. The Kier molecular flexibility index (Phi) is 2.13. The van der Waals surface area contributed by atoms with Crippen molar-refractivity contribution in [2.24, 2.45) is 0 Å². The summed E-state index contributed by atoms with van der Waals surface area (Å²) in [5.74, 6) is 0.516. The minimum Gasteiger partial charge on any atom is -0.423 e. The van der Waals surface area contributed by atoms with Crippen molar-refractivity contribution in [3.05, 3.63) is 52.8 Å². The molecule has 1 aromatic rings. The van der Waals surface area contributed by atoms with E-state index < -0.39 is 0 Å². The zero-order chi connectivity index (χ0) is 11.0. The smallest absolute Gasteiger partial charge is 0.344 e. The van der Waals surface area contributed by atoms with Crippen molar-refractivity contribution in [1.29, 1.82) is 0 Å². The summed E-state index contributed by atoms with van der Waals surface area (Å²) in [5.41, 5.74) is 2.77. The molecule has 1 aliphatic heterocycles. The fourth-order valence-electron chi connectivity index (χ4n) is 2.18. The molecule has 0 amide bonds. The molecule has 1 heterocycles. The molecule has 0 bridgehead atoms. The number of allylic oxidation sites excluding steroid dienone is 2. The number of hydrogen-bond donors (Lipinski definition) is 0. The van der Waals surface area contributed by atoms with E-state index in [1.165, 1.54) is 0 Å². The van der Waals surface area contributed by atoms with Crippen LogP contribution in [0.2, 0.25) is 0 Å². The maximum absolute atomic E-state index is 11.9. The number of hydrogen-bond acceptors (Lipinski definition) is 2. The zero-order valence-corrected chi connectivity index (χ0v) is 8.90. The number of rotatable bonds is 0. The summed E-state index contributed by atoms with van der Waals surface area (Å²) < 4.78 is 5.40. The number of carbonyl (C=O) groups is 1. The van der Waals surface area contributed by atoms with Crippen LogP contribution in [0.15, 0.2) is 41.7 Å². The van der Waals surface area contributed by atoms with Gasteiger partial charge in [-0.1, -0.05) is 18.2 Å². The van der Waals surface area contributed by atoms with Crippen molar-refractivity contribution in [2.45, 2.75) is 19.3 Å². The second-order valence-electron chi connectivity index (χ2n) is 4.11. The summed E-state index contributed by atoms with van der Waals surface area (Å²) in [5, 5.41) is 0. The zero-order valence-electron chi connectivity index (χ0n) is 8.90. The Balaban J connectivity index is 2.17. The molecule has 0 atom stereocenters. The standard InChI is InChI=1S/C14H12O2/c15-14-12-7-3-1-5-10(12)9-11-6-2-4-8-13(11)16-14/h1,3,5,7-9H,2,4,6H2. The van der Waals surface area contributed by atoms with Crippen molar-refractivity contribution < 1.29 is 9.53 Å². The van der Waals surface area contributed by atoms with E-state index in [-0.39, 0.29) is 5.97 Å². The van der Waals surface area contributed by atoms with Crippen LogP contribution in [0.3, 0.4) is 0 Å². The van der Waals surface area contributed by atoms with E-state index in [2.05, 4.69) is 6.08 Å². The summed E-state index contributed by atoms with van der Waals surface area (Å²) in [6.45, 7) is 0. The number of esters is 1. The molecule has 0 saturated heterocycles. The van der Waals surface area contributed by atoms with Crippen molar-refractivity contribution in [1.82, 2.24) is 0 Å². The average Bonchev–Trinajstić information content (AvgIpc) is 2.45. The fourth-order valence-corrected chi connectivity index (χ4v) is 2.18. The van der Waals surface area contributed by atoms with E-state index in [9.17, 15) is 4.79 Å². The van der Waals surface area contributed by atoms with Crippen molar-refractivity contribution in [3.63, 3.8) is 0 Å². The monoisotopic (exact) mass is 212 g/mol. The van der Waals surface area contributed by atoms with Gasteiger partial charge in [0.2, 0.25) is 0 Å². The van der Waals surface area contributed by atoms with Gasteiger partial charge in [-0.25, -0.2) is 4.79 Å². The lowest BCUT2D eigenvalue weighted by molar-refractivity contribution is 0.0630. The Morgan fingerprint density at radius 3 is 3.00 bits per heavy atom. The van der Waals surface area contributed by atoms with Crippen LogP contribution < -0.4 is 0 Å². The number of benzene rings is 1. The average molecular weight is 212 g/mol. The Bertz CT molecular complexity index is 509. The van der Waals surface area contributed by atoms with Crippen LogP contribution in [0.4, 0.5) is 0 Å². The molecular weight excluding hydrogens is 200 g/mol. The van der Waals surface area contributed by atoms with Crippen LogP contribution >= 0.6 is 0 Å². The van der Waals surface area contributed by atoms with Gasteiger partial charge < -0.3 is 4.74 Å². The molecule has 16 heavy (non-hydrogen) atoms. The maximum Gasteiger partial charge on any atom is 0.344 e. The highest BCUT2D eigenvalue weighted by Crippen LogP contribution is 2.31. The van der Waals surface area contributed by atoms with E-state index in [1.54, 1.807) is 0 Å². The molecule has 1 aromatic carbocycles. The normalized spacial score (nSPS) is 18.6. The molecule has 0 spiro atoms. The van der Waals surface area contributed by atoms with E-state index in [1.807, 2.05) is 30.3 Å². The summed E-state index contributed by atoms with van der Waals surface area (Å²) in [4.78, 5) is 11.9. The van der Waals surface area contributed by atoms with Crippen molar-refractivity contribution >= 4 is 12.0 Å². The van der Waals surface area contributed by atoms with Crippen LogP contribution in [0.1, 0.15) is 35.2 Å². The van der Waals surface area contributed by atoms with E-state index in [4.69, 9.17) is 4.74 Å². The molecule has 0 radical (unpaired) electrons. The second kappa shape index (κ2) is 3.63. The van der Waals surface area contributed by atoms with Crippen LogP contribution in [0.5, 0.6) is 0 Å². The van der Waals surface area contributed by atoms with Crippen LogP contribution in [-0.4, -0.2) is 5.97 Å². The predicted octanol–water partition coefficient (Wildman–Crippen LogP) is 3.31. The molecule has 0 unspecified atom stereocenters. The van der Waals surface area contributed by atoms with Crippen LogP contribution in [-0.2, 0) is 4.74 Å². The quantitative estimate of drug-likeness (QED) is 0.617. The molecule has 80 valence electrons. The SMILES string of the molecule is O=C1OC2=CCCCC2=Cc2ccccc21. The van der Waals surface area contributed by atoms with E-state index in [0.29, 0.717) is 5.56 Å². The predicted molar refractivity (Wildman–Crippen MR) is 61.8 cm³/mol. The first-order valence-electron chi connectivity index (χ1n) is 5.57. The Labute approximate surface area is 94.2 Å². The molecule has 0 N–H and O–H groups in total. The molecule has 0 fully saturated rings. The minimum atomic E-state index is -0.241. The van der Waals surface area contributed by atoms with Gasteiger partial charge in [0.05, 0.1) is 5.56 Å². The van der Waals surface area contributed by atoms with Gasteiger partial charge in [-0.15, -0.1) is 0 Å². The van der Waals surface area contributed by atoms with Gasteiger partial charge in [-0.05, 0) is 48.6 Å². The lowest BCUT2D eigenvalue weighted by Crippen LogP contribution is -2.06. The number of carbonyl (C=O) groups excluding carboxylic acids is 1. The van der Waals surface area contributed by atoms with Gasteiger partial charge >= 0.3 is 5.97 Å². The number of ether oxygens (including phenoxy) is 1. The highest BCUT2D eigenvalue weighted by Gasteiger charge is 2.22. The Hall–Kier alpha value is -1.83. The summed E-state index contributed by atoms with van der Waals surface area (Å²) >= 11 is 0. The van der Waals surface area contributed by atoms with Crippen molar-refractivity contribution in [3.8, 4) is 0 Å². The van der Waals surface area contributed by atoms with E-state index in [0.717, 1.165) is 36.2 Å². The van der Waals surface area contributed by atoms with Gasteiger partial charge in [-0.3, -0.25) is 0 Å². The lowest BCUT2D eigenvalue weighted by atomic mass is 9.97. The first kappa shape index (κ1) is 9.40. The minimum absolute atomic E-state index is 0.241. The molecule has 0 saturated carbocycles. The second-order valence-corrected chi connectivity index (χ2v) is 4.11. The van der Waals surface area contributed by atoms with Crippen molar-refractivity contribution in [2.75, 3.05) is 0 Å². The van der Waals surface area contributed by atoms with Gasteiger partial charge in [0.25, 0.3) is 0 Å². The Morgan fingerprint density at radius 1 is 1.19 bits per heavy atom. The van der Waals surface area contributed by atoms with Crippen LogP contribution in [0.25, 0.3) is 6.08 Å². The summed E-state index contributed by atoms with van der Waals surface area (Å²) in [6.07, 6.45) is 7.21. The third kappa shape index (κ3) is 1.47. The number of fused-ring (bicyclic) bond motifs is 2. The molecule has 3 rings (SSSR count). The molecule has 2 heteroatoms. The highest BCUT2D eigenvalue weighted by molar-refractivity contribution is 5.96. The topological polar surface area (TPSA) is 26.3 Å². The molecule has 2 nitrogen and oxygen atoms in total. The summed E-state index contributed by atoms with van der Waals surface area (Å²) in [7, 11) is 0. The Morgan fingerprint density at radius 2 is 2.06 bits per heavy atom. The van der Waals surface area contributed by atoms with Gasteiger partial charge in [0.1, 0.15) is 5.76 Å². The first-order chi connectivity index (χ1) is 7.84. The van der Waals surface area contributed by atoms with Gasteiger partial charge in [-0.2, -0.15) is 0 Å². The van der Waals surface area contributed by atoms with Gasteiger partial charge in [0, 0.05) is 0 Å². The fraction of sp³-hybridized carbons (Fsp3) is 0.214. The third-order valence-corrected chi connectivity index (χ3v) is 3.01. The third-order valence-electron chi connectivity index (χ3n) is 3.01. The van der Waals surface area contributed by atoms with Crippen LogP contribution in [0, 0.1) is 0 Å². The molecular formula is C14H12O2. The maximum atomic E-state index is 11.9. The van der Waals surface area contributed by atoms with E-state index >= 15 is 0 Å².